The Morgan fingerprint density at radius 2 is 1.73 bits per heavy atom. The second kappa shape index (κ2) is 4.21. The van der Waals surface area contributed by atoms with Gasteiger partial charge in [0.05, 0.1) is 6.42 Å². The van der Waals surface area contributed by atoms with Gasteiger partial charge in [-0.25, -0.2) is 0 Å². The Morgan fingerprint density at radius 3 is 2.07 bits per heavy atom. The van der Waals surface area contributed by atoms with Gasteiger partial charge < -0.3 is 15.3 Å². The standard InChI is InChI=1S/C11H14O4/c1-6(2)11-8(12)3-7(4-9(11)13)5-10(14)15/h3-4,6,12-13H,5H2,1-2H3,(H,14,15). The lowest BCUT2D eigenvalue weighted by atomic mass is 9.98. The van der Waals surface area contributed by atoms with E-state index in [2.05, 4.69) is 0 Å². The summed E-state index contributed by atoms with van der Waals surface area (Å²) in [5.74, 6) is -1.11. The minimum Gasteiger partial charge on any atom is -0.508 e. The molecule has 0 bridgehead atoms. The van der Waals surface area contributed by atoms with E-state index >= 15 is 0 Å². The van der Waals surface area contributed by atoms with Gasteiger partial charge in [0.1, 0.15) is 11.5 Å². The highest BCUT2D eigenvalue weighted by Crippen LogP contribution is 2.34. The van der Waals surface area contributed by atoms with Crippen molar-refractivity contribution in [2.24, 2.45) is 0 Å². The molecule has 15 heavy (non-hydrogen) atoms. The van der Waals surface area contributed by atoms with Crippen molar-refractivity contribution in [2.45, 2.75) is 26.2 Å². The third-order valence-electron chi connectivity index (χ3n) is 2.13. The van der Waals surface area contributed by atoms with E-state index in [-0.39, 0.29) is 23.8 Å². The van der Waals surface area contributed by atoms with Crippen LogP contribution in [0.25, 0.3) is 0 Å². The SMILES string of the molecule is CC(C)c1c(O)cc(CC(=O)O)cc1O. The van der Waals surface area contributed by atoms with Gasteiger partial charge in [-0.05, 0) is 23.6 Å². The van der Waals surface area contributed by atoms with Crippen molar-refractivity contribution in [2.75, 3.05) is 0 Å². The Morgan fingerprint density at radius 1 is 1.27 bits per heavy atom. The van der Waals surface area contributed by atoms with Gasteiger partial charge >= 0.3 is 5.97 Å². The second-order valence-electron chi connectivity index (χ2n) is 3.77. The lowest BCUT2D eigenvalue weighted by Crippen LogP contribution is -2.01. The number of benzene rings is 1. The van der Waals surface area contributed by atoms with E-state index in [0.29, 0.717) is 11.1 Å². The van der Waals surface area contributed by atoms with Gasteiger partial charge in [-0.1, -0.05) is 13.8 Å². The number of rotatable bonds is 3. The number of carbonyl (C=O) groups is 1. The van der Waals surface area contributed by atoms with E-state index in [1.165, 1.54) is 12.1 Å². The molecule has 0 spiro atoms. The fraction of sp³-hybridized carbons (Fsp3) is 0.364. The van der Waals surface area contributed by atoms with Gasteiger partial charge in [0, 0.05) is 5.56 Å². The van der Waals surface area contributed by atoms with E-state index in [0.717, 1.165) is 0 Å². The summed E-state index contributed by atoms with van der Waals surface area (Å²) in [5.41, 5.74) is 0.839. The minimum atomic E-state index is -0.994. The summed E-state index contributed by atoms with van der Waals surface area (Å²) in [7, 11) is 0. The zero-order valence-corrected chi connectivity index (χ0v) is 8.69. The molecule has 0 unspecified atom stereocenters. The fourth-order valence-corrected chi connectivity index (χ4v) is 1.55. The van der Waals surface area contributed by atoms with Gasteiger partial charge in [-0.3, -0.25) is 4.79 Å². The number of aliphatic carboxylic acids is 1. The van der Waals surface area contributed by atoms with Crippen molar-refractivity contribution >= 4 is 5.97 Å². The lowest BCUT2D eigenvalue weighted by Gasteiger charge is -2.12. The molecule has 0 radical (unpaired) electrons. The summed E-state index contributed by atoms with van der Waals surface area (Å²) in [5, 5.41) is 27.8. The van der Waals surface area contributed by atoms with Gasteiger partial charge in [-0.2, -0.15) is 0 Å². The maximum absolute atomic E-state index is 10.4. The molecule has 0 amide bonds. The number of phenols is 2. The van der Waals surface area contributed by atoms with Crippen molar-refractivity contribution in [3.05, 3.63) is 23.3 Å². The molecule has 0 aliphatic rings. The Balaban J connectivity index is 3.13. The van der Waals surface area contributed by atoms with Crippen LogP contribution >= 0.6 is 0 Å². The highest BCUT2D eigenvalue weighted by molar-refractivity contribution is 5.71. The van der Waals surface area contributed by atoms with Crippen LogP contribution in [0.2, 0.25) is 0 Å². The molecule has 4 nitrogen and oxygen atoms in total. The van der Waals surface area contributed by atoms with Crippen molar-refractivity contribution in [1.82, 2.24) is 0 Å². The number of carboxylic acids is 1. The molecule has 0 aliphatic heterocycles. The first-order valence-corrected chi connectivity index (χ1v) is 4.68. The summed E-state index contributed by atoms with van der Waals surface area (Å²) >= 11 is 0. The van der Waals surface area contributed by atoms with Crippen LogP contribution in [0.15, 0.2) is 12.1 Å². The Bertz CT molecular complexity index is 359. The van der Waals surface area contributed by atoms with Crippen molar-refractivity contribution in [3.8, 4) is 11.5 Å². The van der Waals surface area contributed by atoms with Crippen molar-refractivity contribution in [3.63, 3.8) is 0 Å². The highest BCUT2D eigenvalue weighted by Gasteiger charge is 2.14. The lowest BCUT2D eigenvalue weighted by molar-refractivity contribution is -0.136. The smallest absolute Gasteiger partial charge is 0.307 e. The molecular formula is C11H14O4. The van der Waals surface area contributed by atoms with Crippen LogP contribution in [0, 0.1) is 0 Å². The van der Waals surface area contributed by atoms with Crippen LogP contribution < -0.4 is 0 Å². The van der Waals surface area contributed by atoms with E-state index < -0.39 is 5.97 Å². The largest absolute Gasteiger partial charge is 0.508 e. The van der Waals surface area contributed by atoms with Gasteiger partial charge in [0.15, 0.2) is 0 Å². The van der Waals surface area contributed by atoms with E-state index in [9.17, 15) is 15.0 Å². The first-order chi connectivity index (χ1) is 6.91. The van der Waals surface area contributed by atoms with Crippen molar-refractivity contribution in [1.29, 1.82) is 0 Å². The number of carboxylic acid groups (broad SMARTS) is 1. The summed E-state index contributed by atoms with van der Waals surface area (Å²) in [6.07, 6.45) is -0.209. The molecule has 1 rings (SSSR count). The molecule has 1 aromatic carbocycles. The first-order valence-electron chi connectivity index (χ1n) is 4.68. The van der Waals surface area contributed by atoms with E-state index in [1.807, 2.05) is 13.8 Å². The Hall–Kier alpha value is -1.71. The fourth-order valence-electron chi connectivity index (χ4n) is 1.55. The third kappa shape index (κ3) is 2.62. The summed E-state index contributed by atoms with van der Waals surface area (Å²) in [6, 6.07) is 2.76. The summed E-state index contributed by atoms with van der Waals surface area (Å²) < 4.78 is 0. The Kier molecular flexibility index (Phi) is 3.19. The molecule has 4 heteroatoms. The van der Waals surface area contributed by atoms with Crippen molar-refractivity contribution < 1.29 is 20.1 Å². The number of hydrogen-bond donors (Lipinski definition) is 3. The van der Waals surface area contributed by atoms with Gasteiger partial charge in [0.25, 0.3) is 0 Å². The quantitative estimate of drug-likeness (QED) is 0.711. The maximum atomic E-state index is 10.4. The molecule has 0 saturated carbocycles. The second-order valence-corrected chi connectivity index (χ2v) is 3.77. The van der Waals surface area contributed by atoms with Crippen LogP contribution in [-0.2, 0) is 11.2 Å². The van der Waals surface area contributed by atoms with Crippen LogP contribution in [0.1, 0.15) is 30.9 Å². The van der Waals surface area contributed by atoms with Gasteiger partial charge in [0.2, 0.25) is 0 Å². The number of hydrogen-bond acceptors (Lipinski definition) is 3. The topological polar surface area (TPSA) is 77.8 Å². The normalized spacial score (nSPS) is 10.6. The summed E-state index contributed by atoms with van der Waals surface area (Å²) in [6.45, 7) is 3.68. The third-order valence-corrected chi connectivity index (χ3v) is 2.13. The van der Waals surface area contributed by atoms with Crippen LogP contribution in [0.3, 0.4) is 0 Å². The van der Waals surface area contributed by atoms with Crippen LogP contribution in [0.5, 0.6) is 11.5 Å². The maximum Gasteiger partial charge on any atom is 0.307 e. The minimum absolute atomic E-state index is 0.0103. The zero-order valence-electron chi connectivity index (χ0n) is 8.69. The van der Waals surface area contributed by atoms with Gasteiger partial charge in [-0.15, -0.1) is 0 Å². The molecule has 1 aromatic rings. The highest BCUT2D eigenvalue weighted by atomic mass is 16.4. The average Bonchev–Trinajstić information content (AvgIpc) is 1.99. The molecule has 0 aliphatic carbocycles. The molecule has 0 saturated heterocycles. The van der Waals surface area contributed by atoms with Crippen LogP contribution in [0.4, 0.5) is 0 Å². The molecule has 82 valence electrons. The van der Waals surface area contributed by atoms with Crippen LogP contribution in [-0.4, -0.2) is 21.3 Å². The molecule has 3 N–H and O–H groups in total. The molecule has 0 atom stereocenters. The summed E-state index contributed by atoms with van der Waals surface area (Å²) in [4.78, 5) is 10.4. The number of aromatic hydroxyl groups is 2. The monoisotopic (exact) mass is 210 g/mol. The molecular weight excluding hydrogens is 196 g/mol. The Labute approximate surface area is 87.8 Å². The van der Waals surface area contributed by atoms with E-state index in [1.54, 1.807) is 0 Å². The van der Waals surface area contributed by atoms with E-state index in [4.69, 9.17) is 5.11 Å². The molecule has 0 aromatic heterocycles. The molecule has 0 fully saturated rings. The number of phenolic OH excluding ortho intramolecular Hbond substituents is 2. The first kappa shape index (κ1) is 11.4. The predicted octanol–water partition coefficient (Wildman–Crippen LogP) is 1.85. The zero-order chi connectivity index (χ0) is 11.6. The predicted molar refractivity (Wildman–Crippen MR) is 55.2 cm³/mol. The average molecular weight is 210 g/mol. The molecule has 0 heterocycles.